The van der Waals surface area contributed by atoms with Gasteiger partial charge in [0.1, 0.15) is 23.0 Å². The molecule has 2 aromatic heterocycles. The van der Waals surface area contributed by atoms with Crippen LogP contribution in [0.3, 0.4) is 0 Å². The molecule has 25 heavy (non-hydrogen) atoms. The molecule has 4 aromatic rings. The van der Waals surface area contributed by atoms with Crippen LogP contribution in [-0.4, -0.2) is 22.1 Å². The first-order valence-electron chi connectivity index (χ1n) is 8.07. The van der Waals surface area contributed by atoms with Gasteiger partial charge in [-0.25, -0.2) is 9.97 Å². The van der Waals surface area contributed by atoms with Gasteiger partial charge in [-0.3, -0.25) is 0 Å². The fourth-order valence-corrected chi connectivity index (χ4v) is 3.30. The van der Waals surface area contributed by atoms with Crippen LogP contribution >= 0.6 is 15.9 Å². The third kappa shape index (κ3) is 2.93. The number of fused-ring (bicyclic) bond motifs is 3. The first kappa shape index (κ1) is 15.9. The van der Waals surface area contributed by atoms with E-state index in [0.29, 0.717) is 0 Å². The van der Waals surface area contributed by atoms with Crippen molar-refractivity contribution in [1.29, 1.82) is 0 Å². The second kappa shape index (κ2) is 6.37. The van der Waals surface area contributed by atoms with Crippen molar-refractivity contribution < 1.29 is 4.74 Å². The Morgan fingerprint density at radius 1 is 1.16 bits per heavy atom. The Hall–Kier alpha value is -2.60. The molecule has 6 heteroatoms. The van der Waals surface area contributed by atoms with Crippen molar-refractivity contribution in [2.24, 2.45) is 0 Å². The molecule has 0 saturated heterocycles. The molecule has 0 aliphatic heterocycles. The molecule has 0 radical (unpaired) electrons. The third-order valence-electron chi connectivity index (χ3n) is 4.11. The fourth-order valence-electron chi connectivity index (χ4n) is 2.90. The van der Waals surface area contributed by atoms with Crippen molar-refractivity contribution >= 4 is 49.4 Å². The van der Waals surface area contributed by atoms with Crippen LogP contribution in [-0.2, 0) is 6.42 Å². The number of aromatic amines is 1. The summed E-state index contributed by atoms with van der Waals surface area (Å²) < 4.78 is 6.39. The lowest BCUT2D eigenvalue weighted by molar-refractivity contribution is 0.415. The Morgan fingerprint density at radius 3 is 2.80 bits per heavy atom. The van der Waals surface area contributed by atoms with Crippen molar-refractivity contribution in [1.82, 2.24) is 15.0 Å². The van der Waals surface area contributed by atoms with Crippen LogP contribution in [0.5, 0.6) is 5.75 Å². The fraction of sp³-hybridized carbons (Fsp3) is 0.158. The highest BCUT2D eigenvalue weighted by Gasteiger charge is 2.14. The van der Waals surface area contributed by atoms with Crippen LogP contribution in [0.1, 0.15) is 12.7 Å². The average Bonchev–Trinajstić information content (AvgIpc) is 2.99. The standard InChI is InChI=1S/C19H17BrN4O/c1-3-16-23-18(21-12-6-4-5-11(20)9-12)17-14-10-13(25-2)7-8-15(14)22-19(17)24-16/h4-10H,3H2,1-2H3,(H2,21,22,23,24). The lowest BCUT2D eigenvalue weighted by Gasteiger charge is -2.09. The molecule has 2 N–H and O–H groups in total. The quantitative estimate of drug-likeness (QED) is 0.498. The number of anilines is 2. The van der Waals surface area contributed by atoms with Crippen molar-refractivity contribution in [2.45, 2.75) is 13.3 Å². The van der Waals surface area contributed by atoms with Gasteiger partial charge in [0.2, 0.25) is 0 Å². The molecule has 2 heterocycles. The average molecular weight is 397 g/mol. The number of aromatic nitrogens is 3. The van der Waals surface area contributed by atoms with E-state index in [0.717, 1.165) is 55.9 Å². The maximum absolute atomic E-state index is 5.38. The van der Waals surface area contributed by atoms with E-state index < -0.39 is 0 Å². The molecule has 5 nitrogen and oxygen atoms in total. The van der Waals surface area contributed by atoms with Crippen molar-refractivity contribution in [3.63, 3.8) is 0 Å². The lowest BCUT2D eigenvalue weighted by atomic mass is 10.2. The monoisotopic (exact) mass is 396 g/mol. The van der Waals surface area contributed by atoms with Gasteiger partial charge < -0.3 is 15.0 Å². The van der Waals surface area contributed by atoms with Crippen molar-refractivity contribution in [3.05, 3.63) is 52.8 Å². The number of ether oxygens (including phenoxy) is 1. The zero-order valence-corrected chi connectivity index (χ0v) is 15.5. The van der Waals surface area contributed by atoms with E-state index in [1.165, 1.54) is 0 Å². The Labute approximate surface area is 153 Å². The van der Waals surface area contributed by atoms with E-state index in [-0.39, 0.29) is 0 Å². The van der Waals surface area contributed by atoms with E-state index in [9.17, 15) is 0 Å². The number of rotatable bonds is 4. The van der Waals surface area contributed by atoms with Crippen molar-refractivity contribution in [2.75, 3.05) is 12.4 Å². The highest BCUT2D eigenvalue weighted by Crippen LogP contribution is 2.33. The van der Waals surface area contributed by atoms with Gasteiger partial charge in [0.15, 0.2) is 0 Å². The van der Waals surface area contributed by atoms with Crippen LogP contribution in [0.4, 0.5) is 11.5 Å². The number of H-pyrrole nitrogens is 1. The van der Waals surface area contributed by atoms with Gasteiger partial charge in [0, 0.05) is 27.5 Å². The molecule has 4 rings (SSSR count). The predicted octanol–water partition coefficient (Wildman–Crippen LogP) is 5.19. The molecular formula is C19H17BrN4O. The van der Waals surface area contributed by atoms with Crippen LogP contribution in [0.15, 0.2) is 46.9 Å². The number of benzene rings is 2. The second-order valence-corrected chi connectivity index (χ2v) is 6.65. The minimum atomic E-state index is 0.766. The second-order valence-electron chi connectivity index (χ2n) is 5.74. The van der Waals surface area contributed by atoms with E-state index >= 15 is 0 Å². The number of halogens is 1. The van der Waals surface area contributed by atoms with Gasteiger partial charge in [-0.1, -0.05) is 28.9 Å². The maximum atomic E-state index is 5.38. The van der Waals surface area contributed by atoms with Gasteiger partial charge in [0.25, 0.3) is 0 Å². The van der Waals surface area contributed by atoms with Gasteiger partial charge >= 0.3 is 0 Å². The van der Waals surface area contributed by atoms with Crippen LogP contribution in [0.25, 0.3) is 21.9 Å². The van der Waals surface area contributed by atoms with Crippen LogP contribution in [0, 0.1) is 0 Å². The number of aryl methyl sites for hydroxylation is 1. The van der Waals surface area contributed by atoms with E-state index in [1.54, 1.807) is 7.11 Å². The summed E-state index contributed by atoms with van der Waals surface area (Å²) in [5, 5.41) is 5.44. The SMILES string of the molecule is CCc1nc(Nc2cccc(Br)c2)c2c(n1)[nH]c1ccc(OC)cc12. The molecule has 0 unspecified atom stereocenters. The first-order chi connectivity index (χ1) is 12.2. The number of nitrogens with zero attached hydrogens (tertiary/aromatic N) is 2. The summed E-state index contributed by atoms with van der Waals surface area (Å²) in [4.78, 5) is 12.8. The Bertz CT molecular complexity index is 1070. The maximum Gasteiger partial charge on any atom is 0.144 e. The Kier molecular flexibility index (Phi) is 4.05. The summed E-state index contributed by atoms with van der Waals surface area (Å²) in [6, 6.07) is 14.0. The Morgan fingerprint density at radius 2 is 2.04 bits per heavy atom. The zero-order chi connectivity index (χ0) is 17.4. The van der Waals surface area contributed by atoms with Crippen molar-refractivity contribution in [3.8, 4) is 5.75 Å². The van der Waals surface area contributed by atoms with Gasteiger partial charge in [0.05, 0.1) is 12.5 Å². The molecule has 0 fully saturated rings. The molecule has 2 aromatic carbocycles. The summed E-state index contributed by atoms with van der Waals surface area (Å²) >= 11 is 3.51. The zero-order valence-electron chi connectivity index (χ0n) is 13.9. The molecule has 0 saturated carbocycles. The summed E-state index contributed by atoms with van der Waals surface area (Å²) in [6.07, 6.45) is 0.766. The molecule has 126 valence electrons. The topological polar surface area (TPSA) is 62.8 Å². The largest absolute Gasteiger partial charge is 0.497 e. The van der Waals surface area contributed by atoms with Crippen LogP contribution in [0.2, 0.25) is 0 Å². The summed E-state index contributed by atoms with van der Waals surface area (Å²) in [6.45, 7) is 2.05. The molecular weight excluding hydrogens is 380 g/mol. The highest BCUT2D eigenvalue weighted by molar-refractivity contribution is 9.10. The van der Waals surface area contributed by atoms with Gasteiger partial charge in [-0.05, 0) is 36.4 Å². The predicted molar refractivity (Wildman–Crippen MR) is 105 cm³/mol. The molecule has 0 amide bonds. The van der Waals surface area contributed by atoms with E-state index in [4.69, 9.17) is 9.72 Å². The van der Waals surface area contributed by atoms with Gasteiger partial charge in [-0.2, -0.15) is 0 Å². The minimum absolute atomic E-state index is 0.766. The van der Waals surface area contributed by atoms with E-state index in [1.807, 2.05) is 42.5 Å². The van der Waals surface area contributed by atoms with E-state index in [2.05, 4.69) is 38.1 Å². The number of methoxy groups -OCH3 is 1. The third-order valence-corrected chi connectivity index (χ3v) is 4.60. The molecule has 0 spiro atoms. The highest BCUT2D eigenvalue weighted by atomic mass is 79.9. The molecule has 0 atom stereocenters. The lowest BCUT2D eigenvalue weighted by Crippen LogP contribution is -2.00. The first-order valence-corrected chi connectivity index (χ1v) is 8.86. The molecule has 0 aliphatic carbocycles. The summed E-state index contributed by atoms with van der Waals surface area (Å²) in [5.41, 5.74) is 2.80. The van der Waals surface area contributed by atoms with Crippen LogP contribution < -0.4 is 10.1 Å². The molecule has 0 bridgehead atoms. The number of nitrogens with one attached hydrogen (secondary N) is 2. The van der Waals surface area contributed by atoms with Gasteiger partial charge in [-0.15, -0.1) is 0 Å². The molecule has 0 aliphatic rings. The normalized spacial score (nSPS) is 11.2. The smallest absolute Gasteiger partial charge is 0.144 e. The number of hydrogen-bond acceptors (Lipinski definition) is 4. The Balaban J connectivity index is 1.96. The summed E-state index contributed by atoms with van der Waals surface area (Å²) in [7, 11) is 1.67. The minimum Gasteiger partial charge on any atom is -0.497 e. The summed E-state index contributed by atoms with van der Waals surface area (Å²) in [5.74, 6) is 2.39. The number of hydrogen-bond donors (Lipinski definition) is 2.